The van der Waals surface area contributed by atoms with E-state index in [1.165, 1.54) is 24.6 Å². The van der Waals surface area contributed by atoms with E-state index in [9.17, 15) is 4.79 Å². The lowest BCUT2D eigenvalue weighted by atomic mass is 10.1. The molecule has 18 heavy (non-hydrogen) atoms. The van der Waals surface area contributed by atoms with E-state index in [-0.39, 0.29) is 17.8 Å². The Hall–Kier alpha value is -1.11. The van der Waals surface area contributed by atoms with Crippen LogP contribution in [0.5, 0.6) is 0 Å². The highest BCUT2D eigenvalue weighted by molar-refractivity contribution is 7.99. The molecule has 1 saturated carbocycles. The predicted octanol–water partition coefficient (Wildman–Crippen LogP) is 1.57. The Morgan fingerprint density at radius 3 is 2.72 bits per heavy atom. The molecule has 0 bridgehead atoms. The van der Waals surface area contributed by atoms with Gasteiger partial charge in [0.1, 0.15) is 6.10 Å². The number of hydrogen-bond acceptors (Lipinski definition) is 6. The van der Waals surface area contributed by atoms with Crippen molar-refractivity contribution in [1.82, 2.24) is 20.2 Å². The summed E-state index contributed by atoms with van der Waals surface area (Å²) in [5.41, 5.74) is 0. The quantitative estimate of drug-likeness (QED) is 0.470. The van der Waals surface area contributed by atoms with Crippen LogP contribution in [0.1, 0.15) is 38.5 Å². The van der Waals surface area contributed by atoms with Crippen LogP contribution in [0.15, 0.2) is 5.16 Å². The van der Waals surface area contributed by atoms with Crippen molar-refractivity contribution >= 4 is 17.7 Å². The average molecular weight is 270 g/mol. The van der Waals surface area contributed by atoms with Gasteiger partial charge in [-0.15, -0.1) is 5.10 Å². The Kier molecular flexibility index (Phi) is 4.98. The molecule has 0 aliphatic heterocycles. The van der Waals surface area contributed by atoms with Gasteiger partial charge in [0, 0.05) is 7.05 Å². The zero-order valence-corrected chi connectivity index (χ0v) is 11.4. The summed E-state index contributed by atoms with van der Waals surface area (Å²) in [5, 5.41) is 11.7. The fraction of sp³-hybridized carbons (Fsp3) is 0.818. The number of aryl methyl sites for hydroxylation is 1. The summed E-state index contributed by atoms with van der Waals surface area (Å²) in [5.74, 6) is 0.0972. The fourth-order valence-corrected chi connectivity index (χ4v) is 2.68. The van der Waals surface area contributed by atoms with Crippen LogP contribution in [0.25, 0.3) is 0 Å². The van der Waals surface area contributed by atoms with Crippen LogP contribution in [0.2, 0.25) is 0 Å². The number of thioether (sulfide) groups is 1. The molecule has 0 spiro atoms. The molecule has 1 aliphatic carbocycles. The largest absolute Gasteiger partial charge is 0.462 e. The Morgan fingerprint density at radius 2 is 2.11 bits per heavy atom. The van der Waals surface area contributed by atoms with Crippen LogP contribution in [0, 0.1) is 0 Å². The van der Waals surface area contributed by atoms with E-state index in [1.54, 1.807) is 11.7 Å². The summed E-state index contributed by atoms with van der Waals surface area (Å²) in [6, 6.07) is 0. The van der Waals surface area contributed by atoms with Crippen molar-refractivity contribution in [3.05, 3.63) is 0 Å². The van der Waals surface area contributed by atoms with Gasteiger partial charge < -0.3 is 4.74 Å². The molecular weight excluding hydrogens is 252 g/mol. The van der Waals surface area contributed by atoms with Crippen LogP contribution >= 0.6 is 11.8 Å². The Morgan fingerprint density at radius 1 is 1.39 bits per heavy atom. The van der Waals surface area contributed by atoms with Gasteiger partial charge in [-0.2, -0.15) is 0 Å². The standard InChI is InChI=1S/C11H18N4O2S/c1-15-11(12-13-14-15)18-8-10(16)17-9-6-4-2-3-5-7-9/h9H,2-8H2,1H3. The van der Waals surface area contributed by atoms with Crippen LogP contribution in [-0.4, -0.2) is 38.0 Å². The van der Waals surface area contributed by atoms with Crippen LogP contribution < -0.4 is 0 Å². The molecule has 0 aromatic carbocycles. The summed E-state index contributed by atoms with van der Waals surface area (Å²) in [4.78, 5) is 11.7. The van der Waals surface area contributed by atoms with Crippen LogP contribution in [0.3, 0.4) is 0 Å². The molecule has 1 aromatic heterocycles. The lowest BCUT2D eigenvalue weighted by molar-refractivity contribution is -0.146. The maximum Gasteiger partial charge on any atom is 0.316 e. The molecule has 0 N–H and O–H groups in total. The normalized spacial score (nSPS) is 17.4. The molecule has 2 rings (SSSR count). The number of nitrogens with zero attached hydrogens (tertiary/aromatic N) is 4. The van der Waals surface area contributed by atoms with Gasteiger partial charge in [0.15, 0.2) is 0 Å². The van der Waals surface area contributed by atoms with Crippen LogP contribution in [-0.2, 0) is 16.6 Å². The molecule has 0 saturated heterocycles. The SMILES string of the molecule is Cn1nnnc1SCC(=O)OC1CCCCCC1. The first-order chi connectivity index (χ1) is 8.75. The third-order valence-electron chi connectivity index (χ3n) is 3.00. The van der Waals surface area contributed by atoms with E-state index in [2.05, 4.69) is 15.5 Å². The van der Waals surface area contributed by atoms with Crippen molar-refractivity contribution in [2.45, 2.75) is 49.8 Å². The number of hydrogen-bond donors (Lipinski definition) is 0. The zero-order chi connectivity index (χ0) is 12.8. The second kappa shape index (κ2) is 6.72. The molecule has 1 fully saturated rings. The topological polar surface area (TPSA) is 69.9 Å². The van der Waals surface area contributed by atoms with E-state index < -0.39 is 0 Å². The van der Waals surface area contributed by atoms with Gasteiger partial charge in [-0.3, -0.25) is 4.79 Å². The van der Waals surface area contributed by atoms with E-state index in [1.807, 2.05) is 0 Å². The first-order valence-electron chi connectivity index (χ1n) is 6.30. The second-order valence-corrected chi connectivity index (χ2v) is 5.42. The van der Waals surface area contributed by atoms with E-state index >= 15 is 0 Å². The molecule has 100 valence electrons. The first kappa shape index (κ1) is 13.3. The molecular formula is C11H18N4O2S. The van der Waals surface area contributed by atoms with Gasteiger partial charge in [-0.1, -0.05) is 24.6 Å². The number of rotatable bonds is 4. The smallest absolute Gasteiger partial charge is 0.316 e. The molecule has 0 unspecified atom stereocenters. The number of carbonyl (C=O) groups is 1. The molecule has 0 amide bonds. The molecule has 7 heteroatoms. The molecule has 6 nitrogen and oxygen atoms in total. The molecule has 0 atom stereocenters. The minimum atomic E-state index is -0.171. The van der Waals surface area contributed by atoms with Crippen LogP contribution in [0.4, 0.5) is 0 Å². The minimum Gasteiger partial charge on any atom is -0.462 e. The van der Waals surface area contributed by atoms with Crippen molar-refractivity contribution in [2.24, 2.45) is 7.05 Å². The summed E-state index contributed by atoms with van der Waals surface area (Å²) >= 11 is 1.31. The van der Waals surface area contributed by atoms with Crippen molar-refractivity contribution in [3.8, 4) is 0 Å². The van der Waals surface area contributed by atoms with Gasteiger partial charge in [0.2, 0.25) is 5.16 Å². The third-order valence-corrected chi connectivity index (χ3v) is 3.98. The highest BCUT2D eigenvalue weighted by Crippen LogP contribution is 2.21. The van der Waals surface area contributed by atoms with Crippen molar-refractivity contribution < 1.29 is 9.53 Å². The maximum atomic E-state index is 11.7. The Bertz CT molecular complexity index is 388. The Balaban J connectivity index is 1.73. The molecule has 0 radical (unpaired) electrons. The molecule has 1 aromatic rings. The number of esters is 1. The highest BCUT2D eigenvalue weighted by Gasteiger charge is 2.17. The summed E-state index contributed by atoms with van der Waals surface area (Å²) < 4.78 is 7.02. The maximum absolute atomic E-state index is 11.7. The Labute approximate surface area is 110 Å². The number of aromatic nitrogens is 4. The van der Waals surface area contributed by atoms with Gasteiger partial charge in [0.05, 0.1) is 5.75 Å². The van der Waals surface area contributed by atoms with E-state index in [0.29, 0.717) is 5.16 Å². The lowest BCUT2D eigenvalue weighted by Gasteiger charge is -2.14. The van der Waals surface area contributed by atoms with Gasteiger partial charge >= 0.3 is 5.97 Å². The van der Waals surface area contributed by atoms with Crippen molar-refractivity contribution in [2.75, 3.05) is 5.75 Å². The molecule has 1 heterocycles. The summed E-state index contributed by atoms with van der Waals surface area (Å²) in [7, 11) is 1.75. The van der Waals surface area contributed by atoms with E-state index in [0.717, 1.165) is 25.7 Å². The molecule has 1 aliphatic rings. The number of carbonyl (C=O) groups excluding carboxylic acids is 1. The average Bonchev–Trinajstić information content (AvgIpc) is 2.61. The van der Waals surface area contributed by atoms with E-state index in [4.69, 9.17) is 4.74 Å². The third kappa shape index (κ3) is 3.97. The second-order valence-electron chi connectivity index (χ2n) is 4.48. The zero-order valence-electron chi connectivity index (χ0n) is 10.5. The number of ether oxygens (including phenoxy) is 1. The monoisotopic (exact) mass is 270 g/mol. The lowest BCUT2D eigenvalue weighted by Crippen LogP contribution is -2.19. The van der Waals surface area contributed by atoms with Gasteiger partial charge in [-0.05, 0) is 36.1 Å². The fourth-order valence-electron chi connectivity index (χ4n) is 2.05. The van der Waals surface area contributed by atoms with Crippen molar-refractivity contribution in [3.63, 3.8) is 0 Å². The summed E-state index contributed by atoms with van der Waals surface area (Å²) in [6.07, 6.45) is 6.96. The summed E-state index contributed by atoms with van der Waals surface area (Å²) in [6.45, 7) is 0. The predicted molar refractivity (Wildman–Crippen MR) is 67.1 cm³/mol. The van der Waals surface area contributed by atoms with Gasteiger partial charge in [0.25, 0.3) is 0 Å². The minimum absolute atomic E-state index is 0.109. The van der Waals surface area contributed by atoms with Crippen molar-refractivity contribution in [1.29, 1.82) is 0 Å². The van der Waals surface area contributed by atoms with Gasteiger partial charge in [-0.25, -0.2) is 4.68 Å². The highest BCUT2D eigenvalue weighted by atomic mass is 32.2. The number of tetrazole rings is 1. The first-order valence-corrected chi connectivity index (χ1v) is 7.29.